The fourth-order valence-electron chi connectivity index (χ4n) is 1.89. The maximum Gasteiger partial charge on any atom is 0.224 e. The van der Waals surface area contributed by atoms with Crippen molar-refractivity contribution in [2.24, 2.45) is 11.7 Å². The summed E-state index contributed by atoms with van der Waals surface area (Å²) in [5, 5.41) is 0. The van der Waals surface area contributed by atoms with Crippen LogP contribution in [0, 0.1) is 5.92 Å². The molecule has 0 radical (unpaired) electrons. The van der Waals surface area contributed by atoms with E-state index in [1.54, 1.807) is 0 Å². The van der Waals surface area contributed by atoms with Gasteiger partial charge in [-0.1, -0.05) is 13.3 Å². The SMILES string of the molecule is CCCC(C)N(C)C(=O)CC(N)C1CC1. The minimum absolute atomic E-state index is 0.0915. The van der Waals surface area contributed by atoms with E-state index in [2.05, 4.69) is 13.8 Å². The van der Waals surface area contributed by atoms with Crippen molar-refractivity contribution in [1.82, 2.24) is 4.90 Å². The summed E-state index contributed by atoms with van der Waals surface area (Å²) in [5.74, 6) is 0.819. The molecule has 0 aliphatic heterocycles. The van der Waals surface area contributed by atoms with Crippen molar-refractivity contribution in [2.45, 2.75) is 58.0 Å². The Morgan fingerprint density at radius 2 is 2.13 bits per heavy atom. The minimum Gasteiger partial charge on any atom is -0.343 e. The molecule has 15 heavy (non-hydrogen) atoms. The lowest BCUT2D eigenvalue weighted by Crippen LogP contribution is -2.39. The average Bonchev–Trinajstić information content (AvgIpc) is 2.99. The quantitative estimate of drug-likeness (QED) is 0.729. The van der Waals surface area contributed by atoms with Crippen LogP contribution in [0.5, 0.6) is 0 Å². The highest BCUT2D eigenvalue weighted by molar-refractivity contribution is 5.76. The van der Waals surface area contributed by atoms with Crippen molar-refractivity contribution in [3.8, 4) is 0 Å². The van der Waals surface area contributed by atoms with E-state index in [4.69, 9.17) is 5.73 Å². The minimum atomic E-state index is 0.0915. The molecule has 3 heteroatoms. The highest BCUT2D eigenvalue weighted by atomic mass is 16.2. The van der Waals surface area contributed by atoms with Gasteiger partial charge in [0.05, 0.1) is 0 Å². The predicted molar refractivity (Wildman–Crippen MR) is 62.5 cm³/mol. The summed E-state index contributed by atoms with van der Waals surface area (Å²) in [5.41, 5.74) is 5.94. The summed E-state index contributed by atoms with van der Waals surface area (Å²) in [4.78, 5) is 13.7. The molecule has 1 fully saturated rings. The molecule has 3 nitrogen and oxygen atoms in total. The zero-order chi connectivity index (χ0) is 11.4. The Bertz CT molecular complexity index is 214. The van der Waals surface area contributed by atoms with Gasteiger partial charge in [0, 0.05) is 25.6 Å². The van der Waals surface area contributed by atoms with Crippen molar-refractivity contribution in [1.29, 1.82) is 0 Å². The monoisotopic (exact) mass is 212 g/mol. The van der Waals surface area contributed by atoms with Crippen LogP contribution in [-0.2, 0) is 4.79 Å². The Hall–Kier alpha value is -0.570. The normalized spacial score (nSPS) is 19.7. The first-order valence-electron chi connectivity index (χ1n) is 6.07. The van der Waals surface area contributed by atoms with Crippen LogP contribution in [0.1, 0.15) is 46.0 Å². The smallest absolute Gasteiger partial charge is 0.224 e. The zero-order valence-corrected chi connectivity index (χ0v) is 10.2. The summed E-state index contributed by atoms with van der Waals surface area (Å²) in [7, 11) is 1.89. The Balaban J connectivity index is 2.30. The number of nitrogens with two attached hydrogens (primary N) is 1. The van der Waals surface area contributed by atoms with E-state index in [0.29, 0.717) is 18.4 Å². The van der Waals surface area contributed by atoms with Crippen LogP contribution in [0.4, 0.5) is 0 Å². The first-order valence-corrected chi connectivity index (χ1v) is 6.07. The van der Waals surface area contributed by atoms with Gasteiger partial charge in [0.1, 0.15) is 0 Å². The molecule has 0 aromatic heterocycles. The van der Waals surface area contributed by atoms with Crippen molar-refractivity contribution in [2.75, 3.05) is 7.05 Å². The standard InChI is InChI=1S/C12H24N2O/c1-4-5-9(2)14(3)12(15)8-11(13)10-6-7-10/h9-11H,4-8,13H2,1-3H3. The topological polar surface area (TPSA) is 46.3 Å². The fraction of sp³-hybridized carbons (Fsp3) is 0.917. The summed E-state index contributed by atoms with van der Waals surface area (Å²) >= 11 is 0. The average molecular weight is 212 g/mol. The Labute approximate surface area is 93.0 Å². The van der Waals surface area contributed by atoms with E-state index in [1.807, 2.05) is 11.9 Å². The molecule has 1 rings (SSSR count). The molecule has 0 saturated heterocycles. The molecule has 2 atom stereocenters. The third-order valence-electron chi connectivity index (χ3n) is 3.40. The van der Waals surface area contributed by atoms with Gasteiger partial charge in [-0.25, -0.2) is 0 Å². The third-order valence-corrected chi connectivity index (χ3v) is 3.40. The van der Waals surface area contributed by atoms with E-state index >= 15 is 0 Å². The van der Waals surface area contributed by atoms with Crippen molar-refractivity contribution >= 4 is 5.91 Å². The Morgan fingerprint density at radius 1 is 1.53 bits per heavy atom. The van der Waals surface area contributed by atoms with E-state index < -0.39 is 0 Å². The molecule has 0 spiro atoms. The van der Waals surface area contributed by atoms with Crippen LogP contribution >= 0.6 is 0 Å². The lowest BCUT2D eigenvalue weighted by Gasteiger charge is -2.26. The molecule has 2 unspecified atom stereocenters. The largest absolute Gasteiger partial charge is 0.343 e. The lowest BCUT2D eigenvalue weighted by atomic mass is 10.1. The highest BCUT2D eigenvalue weighted by Gasteiger charge is 2.30. The van der Waals surface area contributed by atoms with Crippen LogP contribution in [0.2, 0.25) is 0 Å². The molecule has 0 bridgehead atoms. The first kappa shape index (κ1) is 12.5. The number of amides is 1. The molecular weight excluding hydrogens is 188 g/mol. The van der Waals surface area contributed by atoms with Gasteiger partial charge in [-0.05, 0) is 32.1 Å². The number of rotatable bonds is 6. The second-order valence-electron chi connectivity index (χ2n) is 4.85. The second kappa shape index (κ2) is 5.50. The van der Waals surface area contributed by atoms with Crippen molar-refractivity contribution < 1.29 is 4.79 Å². The Morgan fingerprint density at radius 3 is 2.60 bits per heavy atom. The van der Waals surface area contributed by atoms with E-state index in [1.165, 1.54) is 12.8 Å². The predicted octanol–water partition coefficient (Wildman–Crippen LogP) is 1.76. The van der Waals surface area contributed by atoms with Gasteiger partial charge in [0.2, 0.25) is 5.91 Å². The molecule has 0 aromatic carbocycles. The molecular formula is C12H24N2O. The van der Waals surface area contributed by atoms with Crippen LogP contribution < -0.4 is 5.73 Å². The highest BCUT2D eigenvalue weighted by Crippen LogP contribution is 2.33. The number of hydrogen-bond donors (Lipinski definition) is 1. The summed E-state index contributed by atoms with van der Waals surface area (Å²) in [6, 6.07) is 0.433. The van der Waals surface area contributed by atoms with Gasteiger partial charge >= 0.3 is 0 Å². The summed E-state index contributed by atoms with van der Waals surface area (Å²) < 4.78 is 0. The lowest BCUT2D eigenvalue weighted by molar-refractivity contribution is -0.132. The van der Waals surface area contributed by atoms with E-state index in [9.17, 15) is 4.79 Å². The number of nitrogens with zero attached hydrogens (tertiary/aromatic N) is 1. The second-order valence-corrected chi connectivity index (χ2v) is 4.85. The number of hydrogen-bond acceptors (Lipinski definition) is 2. The zero-order valence-electron chi connectivity index (χ0n) is 10.2. The molecule has 1 amide bonds. The summed E-state index contributed by atoms with van der Waals surface area (Å²) in [6.45, 7) is 4.24. The van der Waals surface area contributed by atoms with Gasteiger partial charge in [-0.15, -0.1) is 0 Å². The van der Waals surface area contributed by atoms with E-state index in [0.717, 1.165) is 12.8 Å². The molecule has 1 aliphatic rings. The van der Waals surface area contributed by atoms with Crippen LogP contribution in [-0.4, -0.2) is 29.9 Å². The fourth-order valence-corrected chi connectivity index (χ4v) is 1.89. The van der Waals surface area contributed by atoms with Crippen LogP contribution in [0.3, 0.4) is 0 Å². The van der Waals surface area contributed by atoms with Gasteiger partial charge in [0.25, 0.3) is 0 Å². The molecule has 0 aromatic rings. The van der Waals surface area contributed by atoms with E-state index in [-0.39, 0.29) is 11.9 Å². The maximum absolute atomic E-state index is 11.8. The van der Waals surface area contributed by atoms with Crippen molar-refractivity contribution in [3.63, 3.8) is 0 Å². The molecule has 88 valence electrons. The molecule has 0 heterocycles. The number of carbonyl (C=O) groups excluding carboxylic acids is 1. The Kier molecular flexibility index (Phi) is 4.58. The maximum atomic E-state index is 11.8. The van der Waals surface area contributed by atoms with Gasteiger partial charge < -0.3 is 10.6 Å². The summed E-state index contributed by atoms with van der Waals surface area (Å²) in [6.07, 6.45) is 5.13. The van der Waals surface area contributed by atoms with Crippen LogP contribution in [0.15, 0.2) is 0 Å². The first-order chi connectivity index (χ1) is 7.06. The van der Waals surface area contributed by atoms with Gasteiger partial charge in [0.15, 0.2) is 0 Å². The van der Waals surface area contributed by atoms with Crippen LogP contribution in [0.25, 0.3) is 0 Å². The number of carbonyl (C=O) groups is 1. The molecule has 1 saturated carbocycles. The molecule has 1 aliphatic carbocycles. The van der Waals surface area contributed by atoms with Gasteiger partial charge in [-0.2, -0.15) is 0 Å². The van der Waals surface area contributed by atoms with Gasteiger partial charge in [-0.3, -0.25) is 4.79 Å². The molecule has 2 N–H and O–H groups in total. The van der Waals surface area contributed by atoms with Crippen molar-refractivity contribution in [3.05, 3.63) is 0 Å². The third kappa shape index (κ3) is 3.82.